The second-order valence-corrected chi connectivity index (χ2v) is 4.14. The van der Waals surface area contributed by atoms with Crippen LogP contribution in [-0.2, 0) is 0 Å². The lowest BCUT2D eigenvalue weighted by Crippen LogP contribution is -1.99. The maximum absolute atomic E-state index is 13.1. The Kier molecular flexibility index (Phi) is 4.12. The van der Waals surface area contributed by atoms with Crippen LogP contribution in [0.5, 0.6) is 11.5 Å². The van der Waals surface area contributed by atoms with E-state index in [4.69, 9.17) is 4.74 Å². The Balaban J connectivity index is 2.30. The molecule has 2 aromatic rings. The molecule has 2 aromatic carbocycles. The van der Waals surface area contributed by atoms with Crippen LogP contribution in [0, 0.1) is 11.6 Å². The Hall–Kier alpha value is -1.94. The van der Waals surface area contributed by atoms with E-state index in [-0.39, 0.29) is 5.75 Å². The van der Waals surface area contributed by atoms with Gasteiger partial charge in [-0.1, -0.05) is 25.1 Å². The van der Waals surface area contributed by atoms with Crippen LogP contribution < -0.4 is 4.74 Å². The first-order chi connectivity index (χ1) is 9.11. The quantitative estimate of drug-likeness (QED) is 0.896. The lowest BCUT2D eigenvalue weighted by molar-refractivity contribution is 0.170. The summed E-state index contributed by atoms with van der Waals surface area (Å²) in [6.07, 6.45) is -0.112. The fourth-order valence-electron chi connectivity index (χ4n) is 1.74. The molecule has 4 heteroatoms. The summed E-state index contributed by atoms with van der Waals surface area (Å²) in [6, 6.07) is 10.3. The summed E-state index contributed by atoms with van der Waals surface area (Å²) in [5, 5.41) is 9.87. The summed E-state index contributed by atoms with van der Waals surface area (Å²) < 4.78 is 31.4. The number of hydrogen-bond acceptors (Lipinski definition) is 2. The third-order valence-electron chi connectivity index (χ3n) is 2.78. The Morgan fingerprint density at radius 3 is 2.53 bits per heavy atom. The number of aliphatic hydroxyl groups is 1. The summed E-state index contributed by atoms with van der Waals surface area (Å²) in [7, 11) is 0. The molecule has 0 aliphatic rings. The second-order valence-electron chi connectivity index (χ2n) is 4.14. The van der Waals surface area contributed by atoms with Crippen LogP contribution in [0.2, 0.25) is 0 Å². The van der Waals surface area contributed by atoms with E-state index in [1.165, 1.54) is 6.07 Å². The number of para-hydroxylation sites is 1. The van der Waals surface area contributed by atoms with E-state index in [9.17, 15) is 13.9 Å². The van der Waals surface area contributed by atoms with Crippen molar-refractivity contribution < 1.29 is 18.6 Å². The largest absolute Gasteiger partial charge is 0.457 e. The lowest BCUT2D eigenvalue weighted by Gasteiger charge is -2.14. The van der Waals surface area contributed by atoms with E-state index < -0.39 is 17.7 Å². The minimum atomic E-state index is -0.967. The van der Waals surface area contributed by atoms with Gasteiger partial charge < -0.3 is 9.84 Å². The highest BCUT2D eigenvalue weighted by atomic mass is 19.2. The van der Waals surface area contributed by atoms with Gasteiger partial charge in [0.15, 0.2) is 11.6 Å². The molecule has 0 saturated carbocycles. The molecule has 1 N–H and O–H groups in total. The van der Waals surface area contributed by atoms with Crippen LogP contribution in [0.1, 0.15) is 25.0 Å². The Bertz CT molecular complexity index is 570. The first-order valence-corrected chi connectivity index (χ1v) is 6.01. The molecule has 2 nitrogen and oxygen atoms in total. The van der Waals surface area contributed by atoms with Crippen LogP contribution >= 0.6 is 0 Å². The molecule has 1 atom stereocenters. The third-order valence-corrected chi connectivity index (χ3v) is 2.78. The predicted molar refractivity (Wildman–Crippen MR) is 68.1 cm³/mol. The van der Waals surface area contributed by atoms with Gasteiger partial charge in [0.2, 0.25) is 0 Å². The van der Waals surface area contributed by atoms with Gasteiger partial charge in [-0.2, -0.15) is 0 Å². The van der Waals surface area contributed by atoms with E-state index in [2.05, 4.69) is 0 Å². The molecule has 0 amide bonds. The average Bonchev–Trinajstić information content (AvgIpc) is 2.43. The molecule has 0 fully saturated rings. The monoisotopic (exact) mass is 264 g/mol. The van der Waals surface area contributed by atoms with E-state index in [0.29, 0.717) is 17.7 Å². The van der Waals surface area contributed by atoms with Crippen molar-refractivity contribution >= 4 is 0 Å². The Morgan fingerprint density at radius 1 is 1.11 bits per heavy atom. The molecule has 0 aliphatic heterocycles. The second kappa shape index (κ2) is 5.80. The van der Waals surface area contributed by atoms with Crippen LogP contribution in [-0.4, -0.2) is 5.11 Å². The van der Waals surface area contributed by atoms with Crippen LogP contribution in [0.4, 0.5) is 8.78 Å². The highest BCUT2D eigenvalue weighted by Crippen LogP contribution is 2.31. The van der Waals surface area contributed by atoms with Gasteiger partial charge in [-0.25, -0.2) is 8.78 Å². The molecular formula is C15H14F2O2. The predicted octanol–water partition coefficient (Wildman–Crippen LogP) is 4.20. The fourth-order valence-corrected chi connectivity index (χ4v) is 1.74. The van der Waals surface area contributed by atoms with Gasteiger partial charge in [0.25, 0.3) is 0 Å². The van der Waals surface area contributed by atoms with Gasteiger partial charge in [0.05, 0.1) is 6.10 Å². The molecule has 0 aromatic heterocycles. The number of halogens is 2. The molecular weight excluding hydrogens is 250 g/mol. The number of aliphatic hydroxyl groups excluding tert-OH is 1. The molecule has 1 unspecified atom stereocenters. The first kappa shape index (κ1) is 13.5. The number of benzene rings is 2. The highest BCUT2D eigenvalue weighted by molar-refractivity contribution is 5.39. The van der Waals surface area contributed by atoms with Crippen LogP contribution in [0.25, 0.3) is 0 Å². The number of hydrogen-bond donors (Lipinski definition) is 1. The first-order valence-electron chi connectivity index (χ1n) is 6.01. The van der Waals surface area contributed by atoms with Crippen molar-refractivity contribution in [1.82, 2.24) is 0 Å². The van der Waals surface area contributed by atoms with Crippen LogP contribution in [0.3, 0.4) is 0 Å². The van der Waals surface area contributed by atoms with Gasteiger partial charge in [0, 0.05) is 11.6 Å². The van der Waals surface area contributed by atoms with Gasteiger partial charge in [0.1, 0.15) is 11.5 Å². The molecule has 0 heterocycles. The zero-order chi connectivity index (χ0) is 13.8. The van der Waals surface area contributed by atoms with Crippen molar-refractivity contribution in [3.8, 4) is 11.5 Å². The van der Waals surface area contributed by atoms with Crippen molar-refractivity contribution in [2.24, 2.45) is 0 Å². The van der Waals surface area contributed by atoms with Gasteiger partial charge in [-0.3, -0.25) is 0 Å². The summed E-state index contributed by atoms with van der Waals surface area (Å²) in [5.74, 6) is -1.27. The molecule has 0 radical (unpaired) electrons. The molecule has 0 aliphatic carbocycles. The normalized spacial score (nSPS) is 12.2. The summed E-state index contributed by atoms with van der Waals surface area (Å²) in [4.78, 5) is 0. The van der Waals surface area contributed by atoms with E-state index in [1.54, 1.807) is 24.3 Å². The minimum absolute atomic E-state index is 0.189. The lowest BCUT2D eigenvalue weighted by atomic mass is 10.1. The smallest absolute Gasteiger partial charge is 0.162 e. The Morgan fingerprint density at radius 2 is 1.84 bits per heavy atom. The summed E-state index contributed by atoms with van der Waals surface area (Å²) in [5.41, 5.74) is 0.620. The summed E-state index contributed by atoms with van der Waals surface area (Å²) >= 11 is 0. The van der Waals surface area contributed by atoms with Crippen molar-refractivity contribution in [2.75, 3.05) is 0 Å². The fraction of sp³-hybridized carbons (Fsp3) is 0.200. The zero-order valence-electron chi connectivity index (χ0n) is 10.4. The van der Waals surface area contributed by atoms with E-state index >= 15 is 0 Å². The van der Waals surface area contributed by atoms with E-state index in [1.807, 2.05) is 6.92 Å². The topological polar surface area (TPSA) is 29.5 Å². The standard InChI is InChI=1S/C15H14F2O2/c1-2-14(18)11-5-3-4-6-15(11)19-10-7-8-12(16)13(17)9-10/h3-9,14,18H,2H2,1H3. The van der Waals surface area contributed by atoms with Gasteiger partial charge >= 0.3 is 0 Å². The molecule has 0 saturated heterocycles. The minimum Gasteiger partial charge on any atom is -0.457 e. The summed E-state index contributed by atoms with van der Waals surface area (Å²) in [6.45, 7) is 1.85. The van der Waals surface area contributed by atoms with E-state index in [0.717, 1.165) is 12.1 Å². The van der Waals surface area contributed by atoms with Crippen LogP contribution in [0.15, 0.2) is 42.5 Å². The van der Waals surface area contributed by atoms with Crippen molar-refractivity contribution in [3.05, 3.63) is 59.7 Å². The number of ether oxygens (including phenoxy) is 1. The maximum atomic E-state index is 13.1. The third kappa shape index (κ3) is 3.09. The average molecular weight is 264 g/mol. The maximum Gasteiger partial charge on any atom is 0.162 e. The molecule has 0 spiro atoms. The molecule has 2 rings (SSSR count). The zero-order valence-corrected chi connectivity index (χ0v) is 10.4. The van der Waals surface area contributed by atoms with Crippen molar-refractivity contribution in [2.45, 2.75) is 19.4 Å². The highest BCUT2D eigenvalue weighted by Gasteiger charge is 2.12. The molecule has 19 heavy (non-hydrogen) atoms. The molecule has 100 valence electrons. The number of rotatable bonds is 4. The Labute approximate surface area is 110 Å². The van der Waals surface area contributed by atoms with Crippen molar-refractivity contribution in [1.29, 1.82) is 0 Å². The molecule has 0 bridgehead atoms. The SMILES string of the molecule is CCC(O)c1ccccc1Oc1ccc(F)c(F)c1. The van der Waals surface area contributed by atoms with Gasteiger partial charge in [-0.15, -0.1) is 0 Å². The van der Waals surface area contributed by atoms with Crippen molar-refractivity contribution in [3.63, 3.8) is 0 Å². The van der Waals surface area contributed by atoms with Gasteiger partial charge in [-0.05, 0) is 24.6 Å².